The minimum Gasteiger partial charge on any atom is -0.494 e. The van der Waals surface area contributed by atoms with Crippen LogP contribution in [0.25, 0.3) is 11.1 Å². The summed E-state index contributed by atoms with van der Waals surface area (Å²) in [5, 5.41) is 3.38. The van der Waals surface area contributed by atoms with Crippen LogP contribution in [-0.2, 0) is 0 Å². The minimum atomic E-state index is 0.759. The highest BCUT2D eigenvalue weighted by Gasteiger charge is 1.99. The Labute approximate surface area is 121 Å². The lowest BCUT2D eigenvalue weighted by Gasteiger charge is -2.08. The molecule has 2 rings (SSSR count). The van der Waals surface area contributed by atoms with Gasteiger partial charge < -0.3 is 10.1 Å². The average molecular weight is 269 g/mol. The van der Waals surface area contributed by atoms with E-state index in [0.29, 0.717) is 0 Å². The van der Waals surface area contributed by atoms with Crippen molar-refractivity contribution in [2.75, 3.05) is 19.7 Å². The van der Waals surface area contributed by atoms with Gasteiger partial charge in [-0.2, -0.15) is 0 Å². The zero-order chi connectivity index (χ0) is 14.0. The molecular weight excluding hydrogens is 246 g/mol. The third-order valence-electron chi connectivity index (χ3n) is 3.13. The van der Waals surface area contributed by atoms with E-state index in [2.05, 4.69) is 48.6 Å². The maximum absolute atomic E-state index is 5.81. The van der Waals surface area contributed by atoms with E-state index >= 15 is 0 Å². The summed E-state index contributed by atoms with van der Waals surface area (Å²) in [4.78, 5) is 0. The van der Waals surface area contributed by atoms with E-state index in [4.69, 9.17) is 4.74 Å². The summed E-state index contributed by atoms with van der Waals surface area (Å²) in [5.74, 6) is 0.946. The van der Waals surface area contributed by atoms with E-state index in [-0.39, 0.29) is 0 Å². The second-order valence-electron chi connectivity index (χ2n) is 4.85. The molecule has 2 aromatic rings. The van der Waals surface area contributed by atoms with Gasteiger partial charge in [0.2, 0.25) is 0 Å². The van der Waals surface area contributed by atoms with Crippen LogP contribution in [0.15, 0.2) is 54.6 Å². The summed E-state index contributed by atoms with van der Waals surface area (Å²) < 4.78 is 5.81. The molecule has 0 atom stereocenters. The maximum atomic E-state index is 5.81. The monoisotopic (exact) mass is 269 g/mol. The molecule has 0 radical (unpaired) electrons. The van der Waals surface area contributed by atoms with Gasteiger partial charge in [-0.1, -0.05) is 49.4 Å². The first kappa shape index (κ1) is 14.6. The molecule has 0 aliphatic heterocycles. The number of nitrogens with one attached hydrogen (secondary N) is 1. The predicted molar refractivity (Wildman–Crippen MR) is 85.2 cm³/mol. The van der Waals surface area contributed by atoms with Crippen molar-refractivity contribution in [3.8, 4) is 16.9 Å². The van der Waals surface area contributed by atoms with Gasteiger partial charge in [0.25, 0.3) is 0 Å². The van der Waals surface area contributed by atoms with Crippen LogP contribution in [0.5, 0.6) is 5.75 Å². The van der Waals surface area contributed by atoms with Gasteiger partial charge in [0.05, 0.1) is 6.61 Å². The number of hydrogen-bond acceptors (Lipinski definition) is 2. The van der Waals surface area contributed by atoms with Gasteiger partial charge in [0.1, 0.15) is 5.75 Å². The predicted octanol–water partition coefficient (Wildman–Crippen LogP) is 4.12. The molecule has 0 amide bonds. The first-order chi connectivity index (χ1) is 9.90. The van der Waals surface area contributed by atoms with Gasteiger partial charge in [-0.15, -0.1) is 0 Å². The number of rotatable bonds is 8. The lowest BCUT2D eigenvalue weighted by molar-refractivity contribution is 0.308. The topological polar surface area (TPSA) is 21.3 Å². The van der Waals surface area contributed by atoms with E-state index in [0.717, 1.165) is 31.9 Å². The summed E-state index contributed by atoms with van der Waals surface area (Å²) in [6.07, 6.45) is 2.22. The molecular formula is C18H23NO. The Kier molecular flexibility index (Phi) is 6.12. The maximum Gasteiger partial charge on any atom is 0.119 e. The lowest BCUT2D eigenvalue weighted by Crippen LogP contribution is -2.18. The summed E-state index contributed by atoms with van der Waals surface area (Å²) >= 11 is 0. The number of ether oxygens (including phenoxy) is 1. The van der Waals surface area contributed by atoms with E-state index < -0.39 is 0 Å². The lowest BCUT2D eigenvalue weighted by atomic mass is 10.1. The van der Waals surface area contributed by atoms with Gasteiger partial charge in [-0.05, 0) is 49.2 Å². The van der Waals surface area contributed by atoms with Crippen LogP contribution in [0.1, 0.15) is 19.8 Å². The van der Waals surface area contributed by atoms with Crippen LogP contribution in [0.4, 0.5) is 0 Å². The van der Waals surface area contributed by atoms with Crippen molar-refractivity contribution < 1.29 is 4.74 Å². The van der Waals surface area contributed by atoms with Crippen molar-refractivity contribution in [2.45, 2.75) is 19.8 Å². The molecule has 0 fully saturated rings. The molecule has 0 bridgehead atoms. The molecule has 0 saturated carbocycles. The quantitative estimate of drug-likeness (QED) is 0.728. The summed E-state index contributed by atoms with van der Waals surface area (Å²) in [6, 6.07) is 18.7. The minimum absolute atomic E-state index is 0.759. The smallest absolute Gasteiger partial charge is 0.119 e. The van der Waals surface area contributed by atoms with Crippen LogP contribution in [0.3, 0.4) is 0 Å². The summed E-state index contributed by atoms with van der Waals surface area (Å²) in [6.45, 7) is 5.04. The Morgan fingerprint density at radius 3 is 2.50 bits per heavy atom. The van der Waals surface area contributed by atoms with Crippen LogP contribution in [-0.4, -0.2) is 19.7 Å². The third kappa shape index (κ3) is 4.71. The molecule has 2 heteroatoms. The molecule has 0 spiro atoms. The standard InChI is InChI=1S/C18H23NO/c1-2-12-19-13-7-14-20-18-11-6-10-17(15-18)16-8-4-3-5-9-16/h3-6,8-11,15,19H,2,7,12-14H2,1H3. The molecule has 0 saturated heterocycles. The van der Waals surface area contributed by atoms with Gasteiger partial charge >= 0.3 is 0 Å². The van der Waals surface area contributed by atoms with Crippen molar-refractivity contribution >= 4 is 0 Å². The van der Waals surface area contributed by atoms with Crippen molar-refractivity contribution in [3.05, 3.63) is 54.6 Å². The average Bonchev–Trinajstić information content (AvgIpc) is 2.52. The fourth-order valence-corrected chi connectivity index (χ4v) is 2.09. The number of hydrogen-bond donors (Lipinski definition) is 1. The van der Waals surface area contributed by atoms with Gasteiger partial charge in [0, 0.05) is 0 Å². The Balaban J connectivity index is 1.84. The normalized spacial score (nSPS) is 10.4. The van der Waals surface area contributed by atoms with E-state index in [1.807, 2.05) is 18.2 Å². The molecule has 2 aromatic carbocycles. The first-order valence-electron chi connectivity index (χ1n) is 7.39. The molecule has 20 heavy (non-hydrogen) atoms. The molecule has 106 valence electrons. The Morgan fingerprint density at radius 2 is 1.70 bits per heavy atom. The van der Waals surface area contributed by atoms with E-state index in [1.165, 1.54) is 17.5 Å². The fourth-order valence-electron chi connectivity index (χ4n) is 2.09. The van der Waals surface area contributed by atoms with Crippen LogP contribution in [0, 0.1) is 0 Å². The highest BCUT2D eigenvalue weighted by molar-refractivity contribution is 5.64. The van der Waals surface area contributed by atoms with Crippen molar-refractivity contribution in [1.29, 1.82) is 0 Å². The van der Waals surface area contributed by atoms with E-state index in [9.17, 15) is 0 Å². The molecule has 0 unspecified atom stereocenters. The van der Waals surface area contributed by atoms with Crippen LogP contribution in [0.2, 0.25) is 0 Å². The van der Waals surface area contributed by atoms with Gasteiger partial charge in [-0.25, -0.2) is 0 Å². The zero-order valence-electron chi connectivity index (χ0n) is 12.1. The number of benzene rings is 2. The van der Waals surface area contributed by atoms with Crippen molar-refractivity contribution in [3.63, 3.8) is 0 Å². The van der Waals surface area contributed by atoms with Gasteiger partial charge in [0.15, 0.2) is 0 Å². The zero-order valence-corrected chi connectivity index (χ0v) is 12.1. The van der Waals surface area contributed by atoms with Gasteiger partial charge in [-0.3, -0.25) is 0 Å². The Morgan fingerprint density at radius 1 is 0.900 bits per heavy atom. The van der Waals surface area contributed by atoms with Crippen molar-refractivity contribution in [2.24, 2.45) is 0 Å². The third-order valence-corrected chi connectivity index (χ3v) is 3.13. The molecule has 0 aliphatic rings. The van der Waals surface area contributed by atoms with Crippen molar-refractivity contribution in [1.82, 2.24) is 5.32 Å². The largest absolute Gasteiger partial charge is 0.494 e. The summed E-state index contributed by atoms with van der Waals surface area (Å²) in [7, 11) is 0. The SMILES string of the molecule is CCCNCCCOc1cccc(-c2ccccc2)c1. The van der Waals surface area contributed by atoms with Crippen LogP contribution < -0.4 is 10.1 Å². The Hall–Kier alpha value is -1.80. The second kappa shape index (κ2) is 8.39. The van der Waals surface area contributed by atoms with E-state index in [1.54, 1.807) is 0 Å². The molecule has 0 aliphatic carbocycles. The fraction of sp³-hybridized carbons (Fsp3) is 0.333. The second-order valence-corrected chi connectivity index (χ2v) is 4.85. The summed E-state index contributed by atoms with van der Waals surface area (Å²) in [5.41, 5.74) is 2.43. The molecule has 0 heterocycles. The highest BCUT2D eigenvalue weighted by atomic mass is 16.5. The Bertz CT molecular complexity index is 496. The first-order valence-corrected chi connectivity index (χ1v) is 7.39. The highest BCUT2D eigenvalue weighted by Crippen LogP contribution is 2.23. The van der Waals surface area contributed by atoms with Crippen LogP contribution >= 0.6 is 0 Å². The molecule has 1 N–H and O–H groups in total. The molecule has 2 nitrogen and oxygen atoms in total. The molecule has 0 aromatic heterocycles.